The van der Waals surface area contributed by atoms with E-state index < -0.39 is 18.1 Å². The van der Waals surface area contributed by atoms with Crippen molar-refractivity contribution in [2.45, 2.75) is 25.1 Å². The van der Waals surface area contributed by atoms with Crippen molar-refractivity contribution in [1.82, 2.24) is 5.32 Å². The quantitative estimate of drug-likeness (QED) is 0.836. The van der Waals surface area contributed by atoms with E-state index in [-0.39, 0.29) is 6.04 Å². The van der Waals surface area contributed by atoms with Gasteiger partial charge in [-0.1, -0.05) is 60.7 Å². The van der Waals surface area contributed by atoms with E-state index in [1.807, 2.05) is 43.3 Å². The number of carboxylic acid groups (broad SMARTS) is 1. The van der Waals surface area contributed by atoms with Crippen molar-refractivity contribution in [3.8, 4) is 0 Å². The predicted molar refractivity (Wildman–Crippen MR) is 78.2 cm³/mol. The Bertz CT molecular complexity index is 571. The standard InChI is InChI=1S/C17H19NO3/c1-12(13-8-4-2-5-9-13)18-15(16(19)17(20)21)14-10-6-3-7-11-14/h2-12,15-16,18-19H,1H3,(H,20,21)/p-1/t12?,15-,16+/m0/s1. The summed E-state index contributed by atoms with van der Waals surface area (Å²) in [5.41, 5.74) is 1.72. The van der Waals surface area contributed by atoms with Crippen molar-refractivity contribution >= 4 is 5.97 Å². The van der Waals surface area contributed by atoms with E-state index in [1.165, 1.54) is 0 Å². The van der Waals surface area contributed by atoms with Crippen LogP contribution in [-0.4, -0.2) is 17.2 Å². The summed E-state index contributed by atoms with van der Waals surface area (Å²) in [6, 6.07) is 17.8. The van der Waals surface area contributed by atoms with Gasteiger partial charge in [0.2, 0.25) is 0 Å². The number of hydrogen-bond acceptors (Lipinski definition) is 4. The van der Waals surface area contributed by atoms with Crippen LogP contribution in [0, 0.1) is 0 Å². The third-order valence-corrected chi connectivity index (χ3v) is 3.45. The first-order valence-electron chi connectivity index (χ1n) is 6.84. The van der Waals surface area contributed by atoms with Crippen LogP contribution in [0.1, 0.15) is 30.1 Å². The Morgan fingerprint density at radius 2 is 1.48 bits per heavy atom. The van der Waals surface area contributed by atoms with E-state index in [0.717, 1.165) is 5.56 Å². The molecule has 2 rings (SSSR count). The van der Waals surface area contributed by atoms with Crippen LogP contribution in [0.15, 0.2) is 60.7 Å². The average Bonchev–Trinajstić information content (AvgIpc) is 2.53. The van der Waals surface area contributed by atoms with Gasteiger partial charge in [0.25, 0.3) is 0 Å². The highest BCUT2D eigenvalue weighted by Gasteiger charge is 2.24. The molecule has 0 saturated heterocycles. The molecule has 1 unspecified atom stereocenters. The Hall–Kier alpha value is -2.17. The number of aliphatic hydroxyl groups is 1. The molecule has 0 bridgehead atoms. The minimum absolute atomic E-state index is 0.106. The molecule has 0 heterocycles. The van der Waals surface area contributed by atoms with Gasteiger partial charge in [0.1, 0.15) is 6.10 Å². The fourth-order valence-corrected chi connectivity index (χ4v) is 2.27. The number of aliphatic carboxylic acids is 1. The van der Waals surface area contributed by atoms with Crippen molar-refractivity contribution in [2.24, 2.45) is 0 Å². The molecule has 2 aromatic carbocycles. The molecule has 0 aliphatic carbocycles. The highest BCUT2D eigenvalue weighted by molar-refractivity contribution is 5.71. The highest BCUT2D eigenvalue weighted by Crippen LogP contribution is 2.22. The summed E-state index contributed by atoms with van der Waals surface area (Å²) in [6.45, 7) is 1.92. The lowest BCUT2D eigenvalue weighted by Gasteiger charge is -2.28. The smallest absolute Gasteiger partial charge is 0.113 e. The van der Waals surface area contributed by atoms with Crippen molar-refractivity contribution < 1.29 is 15.0 Å². The Morgan fingerprint density at radius 3 is 1.95 bits per heavy atom. The third-order valence-electron chi connectivity index (χ3n) is 3.45. The van der Waals surface area contributed by atoms with Gasteiger partial charge >= 0.3 is 0 Å². The van der Waals surface area contributed by atoms with E-state index in [1.54, 1.807) is 24.3 Å². The molecule has 110 valence electrons. The van der Waals surface area contributed by atoms with Gasteiger partial charge < -0.3 is 20.3 Å². The molecule has 0 spiro atoms. The topological polar surface area (TPSA) is 72.4 Å². The Kier molecular flexibility index (Phi) is 5.09. The summed E-state index contributed by atoms with van der Waals surface area (Å²) in [6.07, 6.45) is -1.61. The van der Waals surface area contributed by atoms with Crippen molar-refractivity contribution in [3.05, 3.63) is 71.8 Å². The average molecular weight is 284 g/mol. The second kappa shape index (κ2) is 7.02. The maximum absolute atomic E-state index is 11.0. The molecule has 0 radical (unpaired) electrons. The first-order chi connectivity index (χ1) is 10.1. The Balaban J connectivity index is 2.22. The lowest BCUT2D eigenvalue weighted by Crippen LogP contribution is -2.45. The first kappa shape index (κ1) is 15.2. The van der Waals surface area contributed by atoms with Crippen molar-refractivity contribution in [2.75, 3.05) is 0 Å². The van der Waals surface area contributed by atoms with Crippen LogP contribution in [0.5, 0.6) is 0 Å². The molecule has 0 saturated carbocycles. The zero-order valence-corrected chi connectivity index (χ0v) is 11.8. The van der Waals surface area contributed by atoms with Crippen LogP contribution in [0.2, 0.25) is 0 Å². The van der Waals surface area contributed by atoms with Crippen LogP contribution in [0.4, 0.5) is 0 Å². The van der Waals surface area contributed by atoms with Gasteiger partial charge in [0, 0.05) is 6.04 Å². The number of benzene rings is 2. The number of carbonyl (C=O) groups is 1. The largest absolute Gasteiger partial charge is 0.547 e. The monoisotopic (exact) mass is 284 g/mol. The lowest BCUT2D eigenvalue weighted by molar-refractivity contribution is -0.316. The van der Waals surface area contributed by atoms with Crippen LogP contribution in [0.3, 0.4) is 0 Å². The van der Waals surface area contributed by atoms with Crippen molar-refractivity contribution in [1.29, 1.82) is 0 Å². The molecule has 0 fully saturated rings. The second-order valence-electron chi connectivity index (χ2n) is 4.95. The molecule has 4 heteroatoms. The molecule has 0 aromatic heterocycles. The van der Waals surface area contributed by atoms with E-state index in [4.69, 9.17) is 0 Å². The molecule has 21 heavy (non-hydrogen) atoms. The zero-order valence-electron chi connectivity index (χ0n) is 11.8. The SMILES string of the molecule is CC(N[C@@H](c1ccccc1)[C@@H](O)C(=O)[O-])c1ccccc1. The van der Waals surface area contributed by atoms with Gasteiger partial charge in [-0.05, 0) is 18.1 Å². The lowest BCUT2D eigenvalue weighted by atomic mass is 9.99. The number of carbonyl (C=O) groups excluding carboxylic acids is 1. The summed E-state index contributed by atoms with van der Waals surface area (Å²) in [7, 11) is 0. The second-order valence-corrected chi connectivity index (χ2v) is 4.95. The molecule has 3 atom stereocenters. The number of hydrogen-bond donors (Lipinski definition) is 2. The third kappa shape index (κ3) is 3.90. The molecule has 2 aromatic rings. The minimum Gasteiger partial charge on any atom is -0.547 e. The number of carboxylic acids is 1. The van der Waals surface area contributed by atoms with Crippen LogP contribution in [0.25, 0.3) is 0 Å². The zero-order chi connectivity index (χ0) is 15.2. The normalized spacial score (nSPS) is 15.1. The fraction of sp³-hybridized carbons (Fsp3) is 0.235. The Labute approximate surface area is 124 Å². The van der Waals surface area contributed by atoms with E-state index in [2.05, 4.69) is 5.32 Å². The van der Waals surface area contributed by atoms with Crippen LogP contribution in [-0.2, 0) is 4.79 Å². The molecule has 0 aliphatic heterocycles. The molecule has 0 amide bonds. The highest BCUT2D eigenvalue weighted by atomic mass is 16.4. The summed E-state index contributed by atoms with van der Waals surface area (Å²) >= 11 is 0. The van der Waals surface area contributed by atoms with E-state index in [9.17, 15) is 15.0 Å². The number of aliphatic hydroxyl groups excluding tert-OH is 1. The van der Waals surface area contributed by atoms with Gasteiger partial charge in [0.05, 0.1) is 12.0 Å². The van der Waals surface area contributed by atoms with Crippen molar-refractivity contribution in [3.63, 3.8) is 0 Å². The van der Waals surface area contributed by atoms with Gasteiger partial charge in [-0.3, -0.25) is 0 Å². The van der Waals surface area contributed by atoms with Gasteiger partial charge in [-0.2, -0.15) is 0 Å². The molecule has 2 N–H and O–H groups in total. The van der Waals surface area contributed by atoms with E-state index in [0.29, 0.717) is 5.56 Å². The summed E-state index contributed by atoms with van der Waals surface area (Å²) < 4.78 is 0. The number of nitrogens with one attached hydrogen (secondary N) is 1. The van der Waals surface area contributed by atoms with Crippen LogP contribution < -0.4 is 10.4 Å². The first-order valence-corrected chi connectivity index (χ1v) is 6.84. The molecular formula is C17H18NO3-. The van der Waals surface area contributed by atoms with E-state index >= 15 is 0 Å². The summed E-state index contributed by atoms with van der Waals surface area (Å²) in [5, 5.41) is 24.1. The predicted octanol–water partition coefficient (Wildman–Crippen LogP) is 1.19. The number of rotatable bonds is 6. The molecular weight excluding hydrogens is 266 g/mol. The summed E-state index contributed by atoms with van der Waals surface area (Å²) in [5.74, 6) is -1.49. The van der Waals surface area contributed by atoms with Crippen LogP contribution >= 0.6 is 0 Å². The maximum atomic E-state index is 11.0. The van der Waals surface area contributed by atoms with Gasteiger partial charge in [-0.15, -0.1) is 0 Å². The molecule has 4 nitrogen and oxygen atoms in total. The summed E-state index contributed by atoms with van der Waals surface area (Å²) in [4.78, 5) is 11.0. The maximum Gasteiger partial charge on any atom is 0.113 e. The Morgan fingerprint density at radius 1 is 1.00 bits per heavy atom. The minimum atomic E-state index is -1.61. The van der Waals surface area contributed by atoms with Gasteiger partial charge in [-0.25, -0.2) is 0 Å². The van der Waals surface area contributed by atoms with Gasteiger partial charge in [0.15, 0.2) is 0 Å². The fourth-order valence-electron chi connectivity index (χ4n) is 2.27. The molecule has 0 aliphatic rings.